The van der Waals surface area contributed by atoms with Gasteiger partial charge in [0.1, 0.15) is 12.3 Å². The number of hydrogen-bond acceptors (Lipinski definition) is 5. The summed E-state index contributed by atoms with van der Waals surface area (Å²) in [7, 11) is 4.97. The summed E-state index contributed by atoms with van der Waals surface area (Å²) in [6.45, 7) is 1.19. The van der Waals surface area contributed by atoms with Crippen molar-refractivity contribution in [3.8, 4) is 16.9 Å². The lowest BCUT2D eigenvalue weighted by Gasteiger charge is -2.16. The van der Waals surface area contributed by atoms with Gasteiger partial charge < -0.3 is 19.9 Å². The Balaban J connectivity index is 1.35. The van der Waals surface area contributed by atoms with Gasteiger partial charge in [-0.1, -0.05) is 24.3 Å². The molecule has 1 N–H and O–H groups in total. The average molecular weight is 524 g/mol. The minimum absolute atomic E-state index is 0.0141. The number of anilines is 1. The molecule has 0 fully saturated rings. The van der Waals surface area contributed by atoms with Crippen molar-refractivity contribution in [2.75, 3.05) is 26.5 Å². The second kappa shape index (κ2) is 10.8. The third kappa shape index (κ3) is 5.38. The molecule has 3 amide bonds. The summed E-state index contributed by atoms with van der Waals surface area (Å²) in [4.78, 5) is 41.8. The predicted molar refractivity (Wildman–Crippen MR) is 147 cm³/mol. The molecule has 2 heterocycles. The first kappa shape index (κ1) is 25.7. The summed E-state index contributed by atoms with van der Waals surface area (Å²) in [5.74, 6) is 0.147. The Morgan fingerprint density at radius 1 is 0.974 bits per heavy atom. The second-order valence-electron chi connectivity index (χ2n) is 9.55. The molecule has 0 spiro atoms. The lowest BCUT2D eigenvalue weighted by atomic mass is 9.96. The SMILES string of the molecule is COc1cccc(C(=O)Nc2ccc3c(c2)CN(C(=O)Cn2cccn2)C3)c1-c1ccc(C(=O)N(C)C)cc1. The fourth-order valence-electron chi connectivity index (χ4n) is 4.71. The normalized spacial score (nSPS) is 12.1. The Labute approximate surface area is 226 Å². The van der Waals surface area contributed by atoms with Crippen molar-refractivity contribution < 1.29 is 19.1 Å². The molecule has 198 valence electrons. The highest BCUT2D eigenvalue weighted by atomic mass is 16.5. The molecule has 3 aromatic carbocycles. The van der Waals surface area contributed by atoms with Crippen LogP contribution in [0.4, 0.5) is 5.69 Å². The van der Waals surface area contributed by atoms with Crippen LogP contribution in [0.15, 0.2) is 79.1 Å². The molecule has 1 aliphatic rings. The topological polar surface area (TPSA) is 96.8 Å². The average Bonchev–Trinajstić information content (AvgIpc) is 3.62. The lowest BCUT2D eigenvalue weighted by molar-refractivity contribution is -0.132. The number of carbonyl (C=O) groups excluding carboxylic acids is 3. The van der Waals surface area contributed by atoms with E-state index in [0.717, 1.165) is 16.7 Å². The van der Waals surface area contributed by atoms with E-state index in [9.17, 15) is 14.4 Å². The first-order chi connectivity index (χ1) is 18.8. The van der Waals surface area contributed by atoms with E-state index in [1.165, 1.54) is 4.90 Å². The zero-order chi connectivity index (χ0) is 27.5. The number of ether oxygens (including phenoxy) is 1. The summed E-state index contributed by atoms with van der Waals surface area (Å²) in [5, 5.41) is 7.11. The zero-order valence-electron chi connectivity index (χ0n) is 22.0. The lowest BCUT2D eigenvalue weighted by Crippen LogP contribution is -2.29. The summed E-state index contributed by atoms with van der Waals surface area (Å²) in [5.41, 5.74) is 5.08. The number of fused-ring (bicyclic) bond motifs is 1. The number of benzene rings is 3. The van der Waals surface area contributed by atoms with Crippen LogP contribution in [0, 0.1) is 0 Å². The van der Waals surface area contributed by atoms with Crippen molar-refractivity contribution in [3.05, 3.63) is 101 Å². The van der Waals surface area contributed by atoms with E-state index in [1.807, 2.05) is 30.3 Å². The van der Waals surface area contributed by atoms with Crippen molar-refractivity contribution in [1.82, 2.24) is 19.6 Å². The maximum atomic E-state index is 13.5. The van der Waals surface area contributed by atoms with Gasteiger partial charge in [-0.2, -0.15) is 5.10 Å². The molecule has 0 bridgehead atoms. The van der Waals surface area contributed by atoms with Crippen molar-refractivity contribution >= 4 is 23.4 Å². The van der Waals surface area contributed by atoms with Crippen LogP contribution in [-0.2, 0) is 24.4 Å². The molecule has 1 aromatic heterocycles. The van der Waals surface area contributed by atoms with Crippen molar-refractivity contribution in [3.63, 3.8) is 0 Å². The molecule has 0 unspecified atom stereocenters. The van der Waals surface area contributed by atoms with E-state index in [-0.39, 0.29) is 24.3 Å². The molecule has 0 atom stereocenters. The number of nitrogens with zero attached hydrogens (tertiary/aromatic N) is 4. The van der Waals surface area contributed by atoms with E-state index in [0.29, 0.717) is 41.2 Å². The fourth-order valence-corrected chi connectivity index (χ4v) is 4.71. The number of methoxy groups -OCH3 is 1. The van der Waals surface area contributed by atoms with Gasteiger partial charge in [-0.3, -0.25) is 19.1 Å². The monoisotopic (exact) mass is 523 g/mol. The zero-order valence-corrected chi connectivity index (χ0v) is 22.0. The predicted octanol–water partition coefficient (Wildman–Crippen LogP) is 4.06. The fraction of sp³-hybridized carbons (Fsp3) is 0.200. The van der Waals surface area contributed by atoms with Crippen LogP contribution >= 0.6 is 0 Å². The summed E-state index contributed by atoms with van der Waals surface area (Å²) in [6.07, 6.45) is 3.41. The molecular formula is C30H29N5O4. The Morgan fingerprint density at radius 2 is 1.74 bits per heavy atom. The van der Waals surface area contributed by atoms with Gasteiger partial charge in [0.15, 0.2) is 0 Å². The molecular weight excluding hydrogens is 494 g/mol. The van der Waals surface area contributed by atoms with E-state index in [4.69, 9.17) is 4.74 Å². The van der Waals surface area contributed by atoms with E-state index in [1.54, 1.807) is 79.6 Å². The van der Waals surface area contributed by atoms with Gasteiger partial charge >= 0.3 is 0 Å². The summed E-state index contributed by atoms with van der Waals surface area (Å²) < 4.78 is 7.20. The number of amides is 3. The van der Waals surface area contributed by atoms with Gasteiger partial charge in [-0.05, 0) is 59.2 Å². The highest BCUT2D eigenvalue weighted by molar-refractivity contribution is 6.10. The maximum Gasteiger partial charge on any atom is 0.256 e. The van der Waals surface area contributed by atoms with E-state index in [2.05, 4.69) is 10.4 Å². The molecule has 9 heteroatoms. The Kier molecular flexibility index (Phi) is 7.14. The van der Waals surface area contributed by atoms with Gasteiger partial charge in [-0.15, -0.1) is 0 Å². The van der Waals surface area contributed by atoms with Crippen LogP contribution in [0.2, 0.25) is 0 Å². The smallest absolute Gasteiger partial charge is 0.256 e. The molecule has 9 nitrogen and oxygen atoms in total. The number of nitrogens with one attached hydrogen (secondary N) is 1. The van der Waals surface area contributed by atoms with E-state index >= 15 is 0 Å². The Hall–Kier alpha value is -4.92. The van der Waals surface area contributed by atoms with Gasteiger partial charge in [0.2, 0.25) is 5.91 Å². The van der Waals surface area contributed by atoms with Crippen LogP contribution in [0.25, 0.3) is 11.1 Å². The molecule has 0 aliphatic carbocycles. The first-order valence-electron chi connectivity index (χ1n) is 12.5. The molecule has 4 aromatic rings. The standard InChI is InChI=1S/C30H29N5O4/c1-33(2)30(38)21-10-8-20(9-11-21)28-25(6-4-7-26(28)39-3)29(37)32-24-13-12-22-17-34(18-23(22)16-24)27(36)19-35-15-5-14-31-35/h4-16H,17-19H2,1-3H3,(H,32,37). The highest BCUT2D eigenvalue weighted by Crippen LogP contribution is 2.34. The van der Waals surface area contributed by atoms with Gasteiger partial charge in [-0.25, -0.2) is 0 Å². The Bertz CT molecular complexity index is 1530. The van der Waals surface area contributed by atoms with Crippen LogP contribution < -0.4 is 10.1 Å². The van der Waals surface area contributed by atoms with Gasteiger partial charge in [0.05, 0.1) is 12.7 Å². The quantitative estimate of drug-likeness (QED) is 0.394. The maximum absolute atomic E-state index is 13.5. The molecule has 0 radical (unpaired) electrons. The van der Waals surface area contributed by atoms with Crippen LogP contribution in [0.3, 0.4) is 0 Å². The highest BCUT2D eigenvalue weighted by Gasteiger charge is 2.24. The van der Waals surface area contributed by atoms with Crippen molar-refractivity contribution in [2.24, 2.45) is 0 Å². The van der Waals surface area contributed by atoms with Crippen molar-refractivity contribution in [1.29, 1.82) is 0 Å². The second-order valence-corrected chi connectivity index (χ2v) is 9.55. The number of aromatic nitrogens is 2. The largest absolute Gasteiger partial charge is 0.496 e. The third-order valence-corrected chi connectivity index (χ3v) is 6.71. The molecule has 1 aliphatic heterocycles. The number of rotatable bonds is 7. The third-order valence-electron chi connectivity index (χ3n) is 6.71. The summed E-state index contributed by atoms with van der Waals surface area (Å²) >= 11 is 0. The minimum atomic E-state index is -0.290. The van der Waals surface area contributed by atoms with Crippen LogP contribution in [-0.4, -0.2) is 58.5 Å². The number of carbonyl (C=O) groups is 3. The van der Waals surface area contributed by atoms with E-state index < -0.39 is 0 Å². The molecule has 5 rings (SSSR count). The van der Waals surface area contributed by atoms with Gasteiger partial charge in [0, 0.05) is 56.4 Å². The first-order valence-corrected chi connectivity index (χ1v) is 12.5. The Morgan fingerprint density at radius 3 is 2.44 bits per heavy atom. The molecule has 39 heavy (non-hydrogen) atoms. The summed E-state index contributed by atoms with van der Waals surface area (Å²) in [6, 6.07) is 19.9. The van der Waals surface area contributed by atoms with Crippen molar-refractivity contribution in [2.45, 2.75) is 19.6 Å². The molecule has 0 saturated heterocycles. The van der Waals surface area contributed by atoms with Crippen LogP contribution in [0.5, 0.6) is 5.75 Å². The van der Waals surface area contributed by atoms with Gasteiger partial charge in [0.25, 0.3) is 11.8 Å². The minimum Gasteiger partial charge on any atom is -0.496 e. The number of hydrogen-bond donors (Lipinski definition) is 1. The molecule has 0 saturated carbocycles. The van der Waals surface area contributed by atoms with Crippen LogP contribution in [0.1, 0.15) is 31.8 Å².